The normalized spacial score (nSPS) is 14.9. The van der Waals surface area contributed by atoms with Crippen molar-refractivity contribution in [1.29, 1.82) is 0 Å². The number of aryl methyl sites for hydroxylation is 1. The molecule has 0 bridgehead atoms. The molecule has 0 spiro atoms. The maximum Gasteiger partial charge on any atom is 0.255 e. The number of hydrogen-bond acceptors (Lipinski definition) is 4. The van der Waals surface area contributed by atoms with Crippen molar-refractivity contribution < 1.29 is 13.2 Å². The van der Waals surface area contributed by atoms with Crippen LogP contribution in [0.2, 0.25) is 0 Å². The molecule has 0 radical (unpaired) electrons. The average Bonchev–Trinajstić information content (AvgIpc) is 3.02. The molecule has 3 rings (SSSR count). The maximum absolute atomic E-state index is 13.2. The fourth-order valence-corrected chi connectivity index (χ4v) is 4.84. The molecule has 30 heavy (non-hydrogen) atoms. The Morgan fingerprint density at radius 2 is 1.60 bits per heavy atom. The zero-order chi connectivity index (χ0) is 21.4. The minimum atomic E-state index is -3.84. The molecule has 0 unspecified atom stereocenters. The van der Waals surface area contributed by atoms with E-state index in [-0.39, 0.29) is 18.0 Å². The lowest BCUT2D eigenvalue weighted by Gasteiger charge is -2.21. The summed E-state index contributed by atoms with van der Waals surface area (Å²) in [5.74, 6) is -0.432. The quantitative estimate of drug-likeness (QED) is 0.536. The molecule has 0 heterocycles. The number of nitrogens with one attached hydrogen (secondary N) is 1. The van der Waals surface area contributed by atoms with Crippen molar-refractivity contribution in [2.45, 2.75) is 56.9 Å². The molecule has 1 fully saturated rings. The van der Waals surface area contributed by atoms with E-state index >= 15 is 0 Å². The number of amides is 1. The van der Waals surface area contributed by atoms with Gasteiger partial charge >= 0.3 is 0 Å². The first-order chi connectivity index (χ1) is 14.4. The van der Waals surface area contributed by atoms with E-state index < -0.39 is 15.9 Å². The fourth-order valence-electron chi connectivity index (χ4n) is 3.46. The van der Waals surface area contributed by atoms with E-state index in [4.69, 9.17) is 0 Å². The number of carbonyl (C=O) groups is 1. The predicted octanol–water partition coefficient (Wildman–Crippen LogP) is 4.01. The summed E-state index contributed by atoms with van der Waals surface area (Å²) in [4.78, 5) is 12.8. The van der Waals surface area contributed by atoms with E-state index in [1.54, 1.807) is 24.3 Å². The third-order valence-corrected chi connectivity index (χ3v) is 7.01. The summed E-state index contributed by atoms with van der Waals surface area (Å²) in [5.41, 5.74) is 5.34. The van der Waals surface area contributed by atoms with Crippen LogP contribution in [0.4, 0.5) is 0 Å². The molecule has 0 atom stereocenters. The van der Waals surface area contributed by atoms with Gasteiger partial charge in [-0.2, -0.15) is 9.41 Å². The van der Waals surface area contributed by atoms with Crippen LogP contribution in [0, 0.1) is 6.92 Å². The molecule has 160 valence electrons. The molecule has 1 aliphatic carbocycles. The number of carbonyl (C=O) groups excluding carboxylic acids is 1. The van der Waals surface area contributed by atoms with E-state index in [0.717, 1.165) is 42.5 Å². The minimum absolute atomic E-state index is 0.112. The molecule has 2 aromatic carbocycles. The van der Waals surface area contributed by atoms with E-state index in [1.165, 1.54) is 17.1 Å². The van der Waals surface area contributed by atoms with Crippen LogP contribution >= 0.6 is 0 Å². The van der Waals surface area contributed by atoms with Crippen LogP contribution in [0.25, 0.3) is 0 Å². The summed E-state index contributed by atoms with van der Waals surface area (Å²) in [6.45, 7) is 1.72. The highest BCUT2D eigenvalue weighted by molar-refractivity contribution is 7.89. The second kappa shape index (κ2) is 10.5. The Morgan fingerprint density at radius 3 is 2.23 bits per heavy atom. The van der Waals surface area contributed by atoms with Gasteiger partial charge in [0.2, 0.25) is 10.0 Å². The predicted molar refractivity (Wildman–Crippen MR) is 118 cm³/mol. The lowest BCUT2D eigenvalue weighted by molar-refractivity contribution is -0.121. The summed E-state index contributed by atoms with van der Waals surface area (Å²) < 4.78 is 27.7. The Hall–Kier alpha value is -2.51. The Labute approximate surface area is 179 Å². The van der Waals surface area contributed by atoms with Gasteiger partial charge in [-0.1, -0.05) is 60.9 Å². The molecule has 0 aromatic heterocycles. The van der Waals surface area contributed by atoms with Crippen LogP contribution in [0.3, 0.4) is 0 Å². The van der Waals surface area contributed by atoms with Gasteiger partial charge in [0.05, 0.1) is 11.4 Å². The summed E-state index contributed by atoms with van der Waals surface area (Å²) in [5, 5.41) is 4.27. The molecule has 1 saturated carbocycles. The first-order valence-corrected chi connectivity index (χ1v) is 11.8. The first-order valence-electron chi connectivity index (χ1n) is 10.4. The zero-order valence-electron chi connectivity index (χ0n) is 17.4. The molecule has 7 heteroatoms. The third-order valence-electron chi connectivity index (χ3n) is 5.20. The number of rotatable bonds is 7. The molecule has 1 N–H and O–H groups in total. The van der Waals surface area contributed by atoms with E-state index in [9.17, 15) is 13.2 Å². The van der Waals surface area contributed by atoms with Gasteiger partial charge in [0, 0.05) is 12.3 Å². The lowest BCUT2D eigenvalue weighted by Crippen LogP contribution is -2.39. The van der Waals surface area contributed by atoms with Gasteiger partial charge in [0.25, 0.3) is 5.91 Å². The molecule has 1 amide bonds. The van der Waals surface area contributed by atoms with Crippen molar-refractivity contribution in [1.82, 2.24) is 9.73 Å². The average molecular weight is 428 g/mol. The number of hydrazone groups is 1. The van der Waals surface area contributed by atoms with Crippen molar-refractivity contribution in [3.8, 4) is 0 Å². The van der Waals surface area contributed by atoms with E-state index in [1.807, 2.05) is 37.3 Å². The Balaban J connectivity index is 1.77. The van der Waals surface area contributed by atoms with E-state index in [0.29, 0.717) is 0 Å². The zero-order valence-corrected chi connectivity index (χ0v) is 18.2. The third kappa shape index (κ3) is 6.24. The van der Waals surface area contributed by atoms with Gasteiger partial charge in [-0.25, -0.2) is 13.8 Å². The number of sulfonamides is 1. The Morgan fingerprint density at radius 1 is 0.967 bits per heavy atom. The summed E-state index contributed by atoms with van der Waals surface area (Å²) in [6.07, 6.45) is 6.30. The van der Waals surface area contributed by atoms with Crippen molar-refractivity contribution in [2.75, 3.05) is 6.54 Å². The lowest BCUT2D eigenvalue weighted by atomic mass is 10.2. The van der Waals surface area contributed by atoms with Crippen LogP contribution < -0.4 is 5.43 Å². The standard InChI is InChI=1S/C23H29N3O3S/c1-19-13-15-22(16-14-19)30(28,29)26(17-20-9-5-4-6-10-20)18-23(27)25-24-21-11-7-2-3-8-12-21/h4-6,9-10,13-16H,2-3,7-8,11-12,17-18H2,1H3,(H,25,27). The highest BCUT2D eigenvalue weighted by Gasteiger charge is 2.27. The molecule has 6 nitrogen and oxygen atoms in total. The number of hydrogen-bond donors (Lipinski definition) is 1. The molecular weight excluding hydrogens is 398 g/mol. The van der Waals surface area contributed by atoms with Crippen molar-refractivity contribution in [3.05, 3.63) is 65.7 Å². The first kappa shape index (κ1) is 22.2. The summed E-state index contributed by atoms with van der Waals surface area (Å²) in [7, 11) is -3.84. The molecule has 2 aromatic rings. The van der Waals surface area contributed by atoms with E-state index in [2.05, 4.69) is 10.5 Å². The minimum Gasteiger partial charge on any atom is -0.272 e. The van der Waals surface area contributed by atoms with Gasteiger partial charge in [0.1, 0.15) is 0 Å². The molecular formula is C23H29N3O3S. The fraction of sp³-hybridized carbons (Fsp3) is 0.391. The molecule has 0 aliphatic heterocycles. The van der Waals surface area contributed by atoms with Crippen molar-refractivity contribution in [2.24, 2.45) is 5.10 Å². The van der Waals surface area contributed by atoms with Gasteiger partial charge < -0.3 is 0 Å². The van der Waals surface area contributed by atoms with Gasteiger partial charge in [-0.15, -0.1) is 0 Å². The Bertz CT molecular complexity index is 961. The van der Waals surface area contributed by atoms with Crippen LogP contribution in [0.15, 0.2) is 64.6 Å². The smallest absolute Gasteiger partial charge is 0.255 e. The van der Waals surface area contributed by atoms with Crippen LogP contribution in [-0.2, 0) is 21.4 Å². The summed E-state index contributed by atoms with van der Waals surface area (Å²) in [6, 6.07) is 15.9. The van der Waals surface area contributed by atoms with Crippen LogP contribution in [0.5, 0.6) is 0 Å². The molecule has 0 saturated heterocycles. The molecule has 1 aliphatic rings. The Kier molecular flexibility index (Phi) is 7.76. The summed E-state index contributed by atoms with van der Waals surface area (Å²) >= 11 is 0. The highest BCUT2D eigenvalue weighted by Crippen LogP contribution is 2.19. The van der Waals surface area contributed by atoms with Gasteiger partial charge in [-0.05, 0) is 50.3 Å². The monoisotopic (exact) mass is 427 g/mol. The SMILES string of the molecule is Cc1ccc(S(=O)(=O)N(CC(=O)NN=C2CCCCCC2)Cc2ccccc2)cc1. The van der Waals surface area contributed by atoms with Crippen LogP contribution in [0.1, 0.15) is 49.7 Å². The van der Waals surface area contributed by atoms with Gasteiger partial charge in [-0.3, -0.25) is 4.79 Å². The van der Waals surface area contributed by atoms with Crippen LogP contribution in [-0.4, -0.2) is 30.9 Å². The second-order valence-electron chi connectivity index (χ2n) is 7.70. The van der Waals surface area contributed by atoms with Gasteiger partial charge in [0.15, 0.2) is 0 Å². The number of benzene rings is 2. The maximum atomic E-state index is 13.2. The number of nitrogens with zero attached hydrogens (tertiary/aromatic N) is 2. The topological polar surface area (TPSA) is 78.8 Å². The largest absolute Gasteiger partial charge is 0.272 e. The second-order valence-corrected chi connectivity index (χ2v) is 9.64. The van der Waals surface area contributed by atoms with Crippen molar-refractivity contribution >= 4 is 21.6 Å². The van der Waals surface area contributed by atoms with Crippen molar-refractivity contribution in [3.63, 3.8) is 0 Å². The highest BCUT2D eigenvalue weighted by atomic mass is 32.2.